The van der Waals surface area contributed by atoms with Gasteiger partial charge in [-0.15, -0.1) is 0 Å². The zero-order chi connectivity index (χ0) is 16.4. The molecule has 3 atom stereocenters. The number of fused-ring (bicyclic) bond motifs is 1. The second kappa shape index (κ2) is 6.78. The van der Waals surface area contributed by atoms with Gasteiger partial charge in [0.15, 0.2) is 5.11 Å². The van der Waals surface area contributed by atoms with E-state index >= 15 is 0 Å². The van der Waals surface area contributed by atoms with E-state index in [2.05, 4.69) is 77.4 Å². The van der Waals surface area contributed by atoms with Gasteiger partial charge in [-0.2, -0.15) is 0 Å². The Hall–Kier alpha value is -2.13. The monoisotopic (exact) mass is 334 g/mol. The molecule has 2 nitrogen and oxygen atoms in total. The average molecular weight is 334 g/mol. The van der Waals surface area contributed by atoms with Crippen LogP contribution in [0.4, 0.5) is 0 Å². The van der Waals surface area contributed by atoms with Crippen LogP contribution in [0.3, 0.4) is 0 Å². The van der Waals surface area contributed by atoms with Gasteiger partial charge in [-0.1, -0.05) is 66.7 Å². The Balaban J connectivity index is 1.67. The molecule has 2 aromatic carbocycles. The minimum atomic E-state index is 0.296. The highest BCUT2D eigenvalue weighted by atomic mass is 32.1. The van der Waals surface area contributed by atoms with E-state index in [0.29, 0.717) is 18.0 Å². The van der Waals surface area contributed by atoms with Gasteiger partial charge in [0.25, 0.3) is 0 Å². The summed E-state index contributed by atoms with van der Waals surface area (Å²) in [6, 6.07) is 21.9. The van der Waals surface area contributed by atoms with Crippen molar-refractivity contribution in [3.63, 3.8) is 0 Å². The Bertz CT molecular complexity index is 739. The normalized spacial score (nSPS) is 27.9. The first-order valence-corrected chi connectivity index (χ1v) is 9.09. The highest BCUT2D eigenvalue weighted by molar-refractivity contribution is 7.80. The summed E-state index contributed by atoms with van der Waals surface area (Å²) in [5.74, 6) is 0.530. The van der Waals surface area contributed by atoms with Crippen molar-refractivity contribution in [3.8, 4) is 0 Å². The predicted octanol–water partition coefficient (Wildman–Crippen LogP) is 4.46. The fourth-order valence-electron chi connectivity index (χ4n) is 4.05. The van der Waals surface area contributed by atoms with E-state index in [9.17, 15) is 0 Å². The first-order chi connectivity index (χ1) is 11.8. The Kier molecular flexibility index (Phi) is 4.35. The maximum absolute atomic E-state index is 5.52. The fraction of sp³-hybridized carbons (Fsp3) is 0.286. The largest absolute Gasteiger partial charge is 0.356 e. The molecular formula is C21H22N2S. The lowest BCUT2D eigenvalue weighted by Crippen LogP contribution is -2.57. The highest BCUT2D eigenvalue weighted by Crippen LogP contribution is 2.39. The van der Waals surface area contributed by atoms with Crippen LogP contribution >= 0.6 is 12.2 Å². The second-order valence-electron chi connectivity index (χ2n) is 6.67. The lowest BCUT2D eigenvalue weighted by atomic mass is 9.73. The molecule has 3 heteroatoms. The molecule has 24 heavy (non-hydrogen) atoms. The number of benzene rings is 2. The molecule has 1 saturated carbocycles. The number of hydrogen-bond acceptors (Lipinski definition) is 1. The lowest BCUT2D eigenvalue weighted by Gasteiger charge is -2.45. The highest BCUT2D eigenvalue weighted by Gasteiger charge is 2.39. The first kappa shape index (κ1) is 15.4. The lowest BCUT2D eigenvalue weighted by molar-refractivity contribution is 0.260. The number of hydrogen-bond donors (Lipinski definition) is 2. The van der Waals surface area contributed by atoms with Gasteiger partial charge >= 0.3 is 0 Å². The Morgan fingerprint density at radius 3 is 2.29 bits per heavy atom. The summed E-state index contributed by atoms with van der Waals surface area (Å²) in [7, 11) is 0. The summed E-state index contributed by atoms with van der Waals surface area (Å²) in [6.45, 7) is 0. The molecule has 1 saturated heterocycles. The Labute approximate surface area is 149 Å². The minimum absolute atomic E-state index is 0.296. The van der Waals surface area contributed by atoms with Crippen LogP contribution in [0.15, 0.2) is 66.2 Å². The molecule has 1 heterocycles. The van der Waals surface area contributed by atoms with Crippen molar-refractivity contribution in [2.45, 2.75) is 31.3 Å². The summed E-state index contributed by atoms with van der Waals surface area (Å²) < 4.78 is 0. The number of nitrogens with one attached hydrogen (secondary N) is 2. The van der Waals surface area contributed by atoms with E-state index in [1.807, 2.05) is 0 Å². The fourth-order valence-corrected chi connectivity index (χ4v) is 4.30. The molecule has 0 aromatic heterocycles. The SMILES string of the molecule is S=C1N[C@@H]2/C(=C/c3ccccc3)CCC[C@H]2[C@@H](c2ccccc2)N1. The molecule has 0 radical (unpaired) electrons. The molecule has 4 rings (SSSR count). The van der Waals surface area contributed by atoms with E-state index in [-0.39, 0.29) is 0 Å². The summed E-state index contributed by atoms with van der Waals surface area (Å²) in [4.78, 5) is 0. The molecule has 1 aliphatic carbocycles. The van der Waals surface area contributed by atoms with Crippen molar-refractivity contribution in [1.29, 1.82) is 0 Å². The van der Waals surface area contributed by atoms with Gasteiger partial charge in [0, 0.05) is 5.92 Å². The van der Waals surface area contributed by atoms with Crippen LogP contribution in [0.25, 0.3) is 6.08 Å². The van der Waals surface area contributed by atoms with E-state index in [1.165, 1.54) is 29.5 Å². The van der Waals surface area contributed by atoms with E-state index in [4.69, 9.17) is 12.2 Å². The smallest absolute Gasteiger partial charge is 0.167 e. The molecule has 2 aromatic rings. The van der Waals surface area contributed by atoms with Crippen LogP contribution in [-0.2, 0) is 0 Å². The molecule has 0 spiro atoms. The van der Waals surface area contributed by atoms with Crippen LogP contribution in [0.1, 0.15) is 36.4 Å². The van der Waals surface area contributed by atoms with Crippen LogP contribution < -0.4 is 10.6 Å². The number of thiocarbonyl (C=S) groups is 1. The second-order valence-corrected chi connectivity index (χ2v) is 7.08. The summed E-state index contributed by atoms with van der Waals surface area (Å²) in [6.07, 6.45) is 5.95. The van der Waals surface area contributed by atoms with Crippen molar-refractivity contribution < 1.29 is 0 Å². The molecular weight excluding hydrogens is 312 g/mol. The van der Waals surface area contributed by atoms with E-state index in [1.54, 1.807) is 0 Å². The molecule has 0 amide bonds. The zero-order valence-corrected chi connectivity index (χ0v) is 14.4. The van der Waals surface area contributed by atoms with Gasteiger partial charge in [-0.25, -0.2) is 0 Å². The van der Waals surface area contributed by atoms with Crippen molar-refractivity contribution in [3.05, 3.63) is 77.4 Å². The molecule has 2 fully saturated rings. The molecule has 122 valence electrons. The van der Waals surface area contributed by atoms with Crippen LogP contribution in [-0.4, -0.2) is 11.2 Å². The van der Waals surface area contributed by atoms with Gasteiger partial charge in [-0.3, -0.25) is 0 Å². The van der Waals surface area contributed by atoms with Gasteiger partial charge < -0.3 is 10.6 Å². The maximum Gasteiger partial charge on any atom is 0.167 e. The predicted molar refractivity (Wildman–Crippen MR) is 104 cm³/mol. The topological polar surface area (TPSA) is 24.1 Å². The third-order valence-electron chi connectivity index (χ3n) is 5.14. The van der Waals surface area contributed by atoms with Gasteiger partial charge in [-0.05, 0) is 48.2 Å². The molecule has 2 aliphatic rings. The third-order valence-corrected chi connectivity index (χ3v) is 5.38. The van der Waals surface area contributed by atoms with Crippen molar-refractivity contribution in [1.82, 2.24) is 10.6 Å². The molecule has 1 aliphatic heterocycles. The van der Waals surface area contributed by atoms with Crippen LogP contribution in [0, 0.1) is 5.92 Å². The maximum atomic E-state index is 5.52. The summed E-state index contributed by atoms with van der Waals surface area (Å²) >= 11 is 5.52. The van der Waals surface area contributed by atoms with Gasteiger partial charge in [0.1, 0.15) is 0 Å². The van der Waals surface area contributed by atoms with Crippen molar-refractivity contribution in [2.75, 3.05) is 0 Å². The molecule has 2 N–H and O–H groups in total. The quantitative estimate of drug-likeness (QED) is 0.793. The standard InChI is InChI=1S/C21H22N2S/c24-21-22-19(16-10-5-2-6-11-16)18-13-7-12-17(20(18)23-21)14-15-8-3-1-4-9-15/h1-6,8-11,14,18-20H,7,12-13H2,(H2,22,23,24)/b17-14+/t18-,19+,20+/m0/s1. The van der Waals surface area contributed by atoms with Gasteiger partial charge in [0.05, 0.1) is 12.1 Å². The van der Waals surface area contributed by atoms with Crippen LogP contribution in [0.2, 0.25) is 0 Å². The van der Waals surface area contributed by atoms with Gasteiger partial charge in [0.2, 0.25) is 0 Å². The van der Waals surface area contributed by atoms with E-state index in [0.717, 1.165) is 11.5 Å². The summed E-state index contributed by atoms with van der Waals surface area (Å²) in [5, 5.41) is 7.82. The Morgan fingerprint density at radius 2 is 1.54 bits per heavy atom. The summed E-state index contributed by atoms with van der Waals surface area (Å²) in [5.41, 5.74) is 4.08. The minimum Gasteiger partial charge on any atom is -0.356 e. The average Bonchev–Trinajstić information content (AvgIpc) is 2.63. The zero-order valence-electron chi connectivity index (χ0n) is 13.6. The Morgan fingerprint density at radius 1 is 0.875 bits per heavy atom. The third kappa shape index (κ3) is 3.09. The first-order valence-electron chi connectivity index (χ1n) is 8.69. The van der Waals surface area contributed by atoms with Crippen LogP contribution in [0.5, 0.6) is 0 Å². The molecule has 0 unspecified atom stereocenters. The van der Waals surface area contributed by atoms with Crippen molar-refractivity contribution in [2.24, 2.45) is 5.92 Å². The van der Waals surface area contributed by atoms with Crippen molar-refractivity contribution >= 4 is 23.4 Å². The molecule has 0 bridgehead atoms. The number of rotatable bonds is 2. The van der Waals surface area contributed by atoms with E-state index < -0.39 is 0 Å².